The largest absolute Gasteiger partial charge is 0.475 e. The first kappa shape index (κ1) is 13.7. The Morgan fingerprint density at radius 2 is 2.26 bits per heavy atom. The second-order valence-corrected chi connectivity index (χ2v) is 7.40. The van der Waals surface area contributed by atoms with Gasteiger partial charge in [0.25, 0.3) is 0 Å². The molecule has 0 aromatic heterocycles. The van der Waals surface area contributed by atoms with Crippen LogP contribution in [0.4, 0.5) is 0 Å². The fourth-order valence-electron chi connectivity index (χ4n) is 4.28. The lowest BCUT2D eigenvalue weighted by Crippen LogP contribution is -2.47. The molecule has 0 aromatic rings. The summed E-state index contributed by atoms with van der Waals surface area (Å²) in [5, 5.41) is 0. The van der Waals surface area contributed by atoms with Gasteiger partial charge in [-0.2, -0.15) is 0 Å². The average Bonchev–Trinajstić information content (AvgIpc) is 2.73. The Labute approximate surface area is 123 Å². The van der Waals surface area contributed by atoms with Crippen molar-refractivity contribution in [2.45, 2.75) is 44.8 Å². The van der Waals surface area contributed by atoms with E-state index >= 15 is 0 Å². The van der Waals surface area contributed by atoms with Gasteiger partial charge in [-0.1, -0.05) is 18.7 Å². The minimum Gasteiger partial charge on any atom is -0.475 e. The normalized spacial score (nSPS) is 44.4. The van der Waals surface area contributed by atoms with Crippen LogP contribution in [0.5, 0.6) is 0 Å². The zero-order valence-corrected chi connectivity index (χ0v) is 13.0. The van der Waals surface area contributed by atoms with Gasteiger partial charge in [0.15, 0.2) is 0 Å². The van der Waals surface area contributed by atoms with Crippen molar-refractivity contribution < 1.29 is 14.3 Å². The van der Waals surface area contributed by atoms with Crippen molar-refractivity contribution in [1.29, 1.82) is 0 Å². The Bertz CT molecular complexity index is 398. The summed E-state index contributed by atoms with van der Waals surface area (Å²) in [6.07, 6.45) is 6.48. The van der Waals surface area contributed by atoms with E-state index in [-0.39, 0.29) is 24.1 Å². The third kappa shape index (κ3) is 2.29. The van der Waals surface area contributed by atoms with Crippen molar-refractivity contribution in [2.75, 3.05) is 6.26 Å². The molecule has 2 saturated carbocycles. The summed E-state index contributed by atoms with van der Waals surface area (Å²) in [5.41, 5.74) is 0. The summed E-state index contributed by atoms with van der Waals surface area (Å²) in [6, 6.07) is 0. The maximum atomic E-state index is 12.1. The Morgan fingerprint density at radius 3 is 3.00 bits per heavy atom. The van der Waals surface area contributed by atoms with E-state index in [9.17, 15) is 4.79 Å². The van der Waals surface area contributed by atoms with Gasteiger partial charge in [0.1, 0.15) is 12.2 Å². The van der Waals surface area contributed by atoms with Crippen LogP contribution in [0.3, 0.4) is 0 Å². The second kappa shape index (κ2) is 5.24. The van der Waals surface area contributed by atoms with Crippen LogP contribution in [-0.2, 0) is 14.3 Å². The summed E-state index contributed by atoms with van der Waals surface area (Å²) in [4.78, 5) is 12.1. The van der Waals surface area contributed by atoms with Gasteiger partial charge in [0.2, 0.25) is 4.38 Å². The Balaban J connectivity index is 1.83. The smallest absolute Gasteiger partial charge is 0.309 e. The van der Waals surface area contributed by atoms with Crippen LogP contribution in [0.15, 0.2) is 0 Å². The lowest BCUT2D eigenvalue weighted by atomic mass is 9.61. The lowest BCUT2D eigenvalue weighted by Gasteiger charge is -2.44. The lowest BCUT2D eigenvalue weighted by molar-refractivity contribution is -0.145. The Morgan fingerprint density at radius 1 is 1.47 bits per heavy atom. The van der Waals surface area contributed by atoms with Crippen LogP contribution in [0.2, 0.25) is 0 Å². The molecule has 6 atom stereocenters. The molecule has 106 valence electrons. The van der Waals surface area contributed by atoms with Crippen LogP contribution in [0, 0.1) is 23.7 Å². The molecule has 3 aliphatic rings. The highest BCUT2D eigenvalue weighted by atomic mass is 32.2. The van der Waals surface area contributed by atoms with Crippen LogP contribution in [0.25, 0.3) is 0 Å². The summed E-state index contributed by atoms with van der Waals surface area (Å²) in [6.45, 7) is 2.15. The van der Waals surface area contributed by atoms with E-state index in [0.717, 1.165) is 25.7 Å². The van der Waals surface area contributed by atoms with E-state index < -0.39 is 0 Å². The van der Waals surface area contributed by atoms with Crippen molar-refractivity contribution in [2.24, 2.45) is 23.7 Å². The molecule has 19 heavy (non-hydrogen) atoms. The molecule has 0 aromatic carbocycles. The minimum absolute atomic E-state index is 0.0280. The molecule has 0 N–H and O–H groups in total. The van der Waals surface area contributed by atoms with Crippen LogP contribution < -0.4 is 0 Å². The van der Waals surface area contributed by atoms with Gasteiger partial charge < -0.3 is 9.47 Å². The number of hydrogen-bond donors (Lipinski definition) is 0. The third-order valence-electron chi connectivity index (χ3n) is 5.01. The van der Waals surface area contributed by atoms with Crippen molar-refractivity contribution in [3.8, 4) is 0 Å². The fraction of sp³-hybridized carbons (Fsp3) is 0.857. The molecular formula is C14H20O3S2. The highest BCUT2D eigenvalue weighted by molar-refractivity contribution is 8.22. The summed E-state index contributed by atoms with van der Waals surface area (Å²) >= 11 is 6.70. The van der Waals surface area contributed by atoms with E-state index in [0.29, 0.717) is 22.1 Å². The van der Waals surface area contributed by atoms with E-state index in [1.165, 1.54) is 11.8 Å². The summed E-state index contributed by atoms with van der Waals surface area (Å²) in [7, 11) is 0. The maximum Gasteiger partial charge on any atom is 0.309 e. The first-order valence-corrected chi connectivity index (χ1v) is 8.70. The van der Waals surface area contributed by atoms with E-state index in [2.05, 4.69) is 6.92 Å². The Kier molecular flexibility index (Phi) is 3.78. The maximum absolute atomic E-state index is 12.1. The van der Waals surface area contributed by atoms with Gasteiger partial charge >= 0.3 is 5.97 Å². The molecule has 0 unspecified atom stereocenters. The van der Waals surface area contributed by atoms with Crippen LogP contribution >= 0.6 is 24.0 Å². The first-order chi connectivity index (χ1) is 9.11. The highest BCUT2D eigenvalue weighted by Gasteiger charge is 2.57. The topological polar surface area (TPSA) is 35.5 Å². The molecule has 1 saturated heterocycles. The van der Waals surface area contributed by atoms with Gasteiger partial charge in [-0.3, -0.25) is 4.79 Å². The minimum atomic E-state index is 0.0280. The molecule has 0 bridgehead atoms. The third-order valence-corrected chi connectivity index (χ3v) is 6.04. The Hall–Kier alpha value is -0.290. The monoisotopic (exact) mass is 300 g/mol. The molecule has 2 aliphatic carbocycles. The molecule has 1 aliphatic heterocycles. The summed E-state index contributed by atoms with van der Waals surface area (Å²) < 4.78 is 12.2. The van der Waals surface area contributed by atoms with E-state index in [1.54, 1.807) is 0 Å². The highest BCUT2D eigenvalue weighted by Crippen LogP contribution is 2.52. The SMILES string of the molecule is CSC(=S)O[C@@H]1C[C@H](C)[C@H]2C(=O)O[C@H]3CCC[C@H]1[C@@H]23. The molecule has 0 radical (unpaired) electrons. The van der Waals surface area contributed by atoms with Gasteiger partial charge in [0.05, 0.1) is 5.92 Å². The first-order valence-electron chi connectivity index (χ1n) is 7.07. The molecule has 1 heterocycles. The average molecular weight is 300 g/mol. The number of carbonyl (C=O) groups excluding carboxylic acids is 1. The summed E-state index contributed by atoms with van der Waals surface area (Å²) in [5.74, 6) is 1.26. The quantitative estimate of drug-likeness (QED) is 0.549. The molecule has 0 amide bonds. The number of thiocarbonyl (C=S) groups is 1. The van der Waals surface area contributed by atoms with E-state index in [4.69, 9.17) is 21.7 Å². The van der Waals surface area contributed by atoms with Gasteiger partial charge in [-0.15, -0.1) is 0 Å². The number of esters is 1. The predicted molar refractivity (Wildman–Crippen MR) is 79.0 cm³/mol. The second-order valence-electron chi connectivity index (χ2n) is 6.00. The number of ether oxygens (including phenoxy) is 2. The number of thioether (sulfide) groups is 1. The predicted octanol–water partition coefficient (Wildman–Crippen LogP) is 3.02. The number of hydrogen-bond acceptors (Lipinski definition) is 5. The van der Waals surface area contributed by atoms with Gasteiger partial charge in [-0.05, 0) is 50.1 Å². The molecule has 3 rings (SSSR count). The van der Waals surface area contributed by atoms with Crippen LogP contribution in [-0.4, -0.2) is 28.8 Å². The zero-order valence-electron chi connectivity index (χ0n) is 11.3. The zero-order chi connectivity index (χ0) is 13.6. The van der Waals surface area contributed by atoms with Crippen molar-refractivity contribution in [3.63, 3.8) is 0 Å². The molecular weight excluding hydrogens is 280 g/mol. The van der Waals surface area contributed by atoms with Gasteiger partial charge in [0, 0.05) is 11.8 Å². The van der Waals surface area contributed by atoms with E-state index in [1.807, 2.05) is 6.26 Å². The van der Waals surface area contributed by atoms with Crippen molar-refractivity contribution in [1.82, 2.24) is 0 Å². The van der Waals surface area contributed by atoms with Crippen molar-refractivity contribution in [3.05, 3.63) is 0 Å². The van der Waals surface area contributed by atoms with Gasteiger partial charge in [-0.25, -0.2) is 0 Å². The molecule has 3 nitrogen and oxygen atoms in total. The van der Waals surface area contributed by atoms with Crippen molar-refractivity contribution >= 4 is 34.3 Å². The van der Waals surface area contributed by atoms with Crippen LogP contribution in [0.1, 0.15) is 32.6 Å². The molecule has 5 heteroatoms. The fourth-order valence-corrected chi connectivity index (χ4v) is 4.62. The number of carbonyl (C=O) groups is 1. The standard InChI is InChI=1S/C14H20O3S2/c1-7-6-10(17-14(18)19-2)8-4-3-5-9-12(8)11(7)13(15)16-9/h7-12H,3-6H2,1-2H3/t7-,8+,9-,10+,11+,12+/m0/s1. The molecule has 0 spiro atoms. The number of rotatable bonds is 1. The molecule has 3 fully saturated rings.